The summed E-state index contributed by atoms with van der Waals surface area (Å²) in [5.41, 5.74) is 0. The van der Waals surface area contributed by atoms with E-state index in [1.807, 2.05) is 0 Å². The minimum absolute atomic E-state index is 0. The van der Waals surface area contributed by atoms with E-state index in [-0.39, 0.29) is 42.0 Å². The van der Waals surface area contributed by atoms with E-state index in [2.05, 4.69) is 0 Å². The average Bonchev–Trinajstić information content (AvgIpc) is 1.00. The van der Waals surface area contributed by atoms with Gasteiger partial charge in [-0.1, -0.05) is 0 Å². The molecular formula is Cl2HgNa. The van der Waals surface area contributed by atoms with Crippen molar-refractivity contribution in [2.75, 3.05) is 0 Å². The van der Waals surface area contributed by atoms with Crippen LogP contribution in [0.4, 0.5) is 0 Å². The molecule has 0 radical (unpaired) electrons. The van der Waals surface area contributed by atoms with Crippen molar-refractivity contribution in [3.05, 3.63) is 0 Å². The fourth-order valence-corrected chi connectivity index (χ4v) is 0. The Hall–Kier alpha value is 2.52. The zero-order valence-electron chi connectivity index (χ0n) is 2.46. The molecule has 0 bridgehead atoms. The largest absolute Gasteiger partial charge is 1.00 e. The summed E-state index contributed by atoms with van der Waals surface area (Å²) in [7, 11) is 4.83. The van der Waals surface area contributed by atoms with Gasteiger partial charge < -0.3 is 12.4 Å². The van der Waals surface area contributed by atoms with Gasteiger partial charge in [0.05, 0.1) is 0 Å². The number of hydrogen-bond acceptors (Lipinski definition) is 0. The molecule has 0 unspecified atom stereocenters. The number of hydrogen-bond donors (Lipinski definition) is 0. The average molecular weight is 294 g/mol. The molecule has 0 atom stereocenters. The van der Waals surface area contributed by atoms with Crippen LogP contribution in [0.3, 0.4) is 0 Å². The quantitative estimate of drug-likeness (QED) is 0.392. The van der Waals surface area contributed by atoms with Crippen LogP contribution < -0.4 is 42.0 Å². The first-order valence-electron chi connectivity index (χ1n) is 0.267. The van der Waals surface area contributed by atoms with Gasteiger partial charge in [-0.25, -0.2) is 0 Å². The Labute approximate surface area is 73.8 Å². The van der Waals surface area contributed by atoms with Crippen molar-refractivity contribution in [2.24, 2.45) is 0 Å². The minimum Gasteiger partial charge on any atom is 1.00 e. The maximum absolute atomic E-state index is 4.83. The molecule has 0 aromatic rings. The Morgan fingerprint density at radius 3 is 1.25 bits per heavy atom. The maximum Gasteiger partial charge on any atom is 1.00 e. The van der Waals surface area contributed by atoms with Gasteiger partial charge in [0.1, 0.15) is 0 Å². The third-order valence-corrected chi connectivity index (χ3v) is 0. The van der Waals surface area contributed by atoms with E-state index in [1.165, 1.54) is 0 Å². The molecule has 17 valence electrons. The van der Waals surface area contributed by atoms with Gasteiger partial charge in [-0.05, 0) is 0 Å². The van der Waals surface area contributed by atoms with Crippen molar-refractivity contribution in [3.8, 4) is 0 Å². The smallest absolute Gasteiger partial charge is 1.00 e. The second-order valence-electron chi connectivity index (χ2n) is 0. The van der Waals surface area contributed by atoms with E-state index < -0.39 is 0 Å². The van der Waals surface area contributed by atoms with E-state index >= 15 is 0 Å². The fraction of sp³-hybridized carbons (Fsp3) is 0. The van der Waals surface area contributed by atoms with Crippen LogP contribution >= 0.6 is 8.25 Å². The Morgan fingerprint density at radius 1 is 1.25 bits per heavy atom. The monoisotopic (exact) mass is 295 g/mol. The van der Waals surface area contributed by atoms with Gasteiger partial charge in [0.2, 0.25) is 0 Å². The number of halogens is 2. The maximum atomic E-state index is 4.83. The van der Waals surface area contributed by atoms with Crippen LogP contribution in [0.25, 0.3) is 0 Å². The molecule has 0 aliphatic rings. The molecule has 0 saturated heterocycles. The van der Waals surface area contributed by atoms with Crippen molar-refractivity contribution < 1.29 is 66.9 Å². The summed E-state index contributed by atoms with van der Waals surface area (Å²) >= 11 is 0.500. The van der Waals surface area contributed by atoms with E-state index in [1.54, 1.807) is 0 Å². The summed E-state index contributed by atoms with van der Waals surface area (Å²) in [6.07, 6.45) is 0. The zero-order chi connectivity index (χ0) is 2.00. The van der Waals surface area contributed by atoms with Gasteiger partial charge in [0.25, 0.3) is 0 Å². The molecule has 0 nitrogen and oxygen atoms in total. The van der Waals surface area contributed by atoms with E-state index in [0.717, 1.165) is 0 Å². The van der Waals surface area contributed by atoms with Gasteiger partial charge in [0.15, 0.2) is 0 Å². The van der Waals surface area contributed by atoms with Crippen LogP contribution in [0.2, 0.25) is 0 Å². The molecule has 0 amide bonds. The summed E-state index contributed by atoms with van der Waals surface area (Å²) < 4.78 is 0. The molecule has 0 aliphatic carbocycles. The van der Waals surface area contributed by atoms with Crippen LogP contribution in [0, 0.1) is 0 Å². The molecule has 0 aromatic carbocycles. The molecule has 0 heterocycles. The Bertz CT molecular complexity index is 6.00. The van der Waals surface area contributed by atoms with Gasteiger partial charge >= 0.3 is 62.7 Å². The molecule has 0 aromatic heterocycles. The van der Waals surface area contributed by atoms with Crippen molar-refractivity contribution in [3.63, 3.8) is 0 Å². The van der Waals surface area contributed by atoms with Gasteiger partial charge in [-0.15, -0.1) is 0 Å². The first kappa shape index (κ1) is 16.0. The predicted molar refractivity (Wildman–Crippen MR) is 5.85 cm³/mol. The van der Waals surface area contributed by atoms with Crippen LogP contribution in [-0.2, 0) is 24.9 Å². The molecule has 0 N–H and O–H groups in total. The summed E-state index contributed by atoms with van der Waals surface area (Å²) in [6.45, 7) is 0. The molecule has 0 aliphatic heterocycles. The number of rotatable bonds is 0. The zero-order valence-corrected chi connectivity index (χ0v) is 11.5. The summed E-state index contributed by atoms with van der Waals surface area (Å²) in [6, 6.07) is 0. The SMILES string of the molecule is [Cl-].[Cl][Hg].[Na+]. The summed E-state index contributed by atoms with van der Waals surface area (Å²) in [4.78, 5) is 0. The summed E-state index contributed by atoms with van der Waals surface area (Å²) in [5.74, 6) is 0. The van der Waals surface area contributed by atoms with Gasteiger partial charge in [0, 0.05) is 0 Å². The molecule has 0 rings (SSSR count). The molecule has 0 fully saturated rings. The molecular weight excluding hydrogens is 294 g/mol. The van der Waals surface area contributed by atoms with Gasteiger partial charge in [-0.2, -0.15) is 0 Å². The van der Waals surface area contributed by atoms with Crippen molar-refractivity contribution in [2.45, 2.75) is 0 Å². The second kappa shape index (κ2) is 17.8. The van der Waals surface area contributed by atoms with Crippen molar-refractivity contribution >= 4 is 8.25 Å². The van der Waals surface area contributed by atoms with Crippen LogP contribution in [0.15, 0.2) is 0 Å². The minimum atomic E-state index is 0. The van der Waals surface area contributed by atoms with Crippen LogP contribution in [0.1, 0.15) is 0 Å². The van der Waals surface area contributed by atoms with Gasteiger partial charge in [-0.3, -0.25) is 0 Å². The Kier molecular flexibility index (Phi) is 71.3. The Morgan fingerprint density at radius 2 is 1.25 bits per heavy atom. The first-order chi connectivity index (χ1) is 1.00. The molecule has 4 heavy (non-hydrogen) atoms. The van der Waals surface area contributed by atoms with E-state index in [4.69, 9.17) is 8.25 Å². The molecule has 0 spiro atoms. The predicted octanol–water partition coefficient (Wildman–Crippen LogP) is -5.30. The van der Waals surface area contributed by atoms with Crippen molar-refractivity contribution in [1.82, 2.24) is 0 Å². The van der Waals surface area contributed by atoms with E-state index in [9.17, 15) is 0 Å². The molecule has 0 saturated carbocycles. The topological polar surface area (TPSA) is 0 Å². The fourth-order valence-electron chi connectivity index (χ4n) is 0. The normalized spacial score (nSPS) is 1.75. The second-order valence-corrected chi connectivity index (χ2v) is 0. The van der Waals surface area contributed by atoms with E-state index in [0.29, 0.717) is 24.9 Å². The first-order valence-corrected chi connectivity index (χ1v) is 7.04. The molecule has 4 heteroatoms. The van der Waals surface area contributed by atoms with Crippen LogP contribution in [-0.4, -0.2) is 0 Å². The standard InChI is InChI=1S/2ClH.Hg.Na/h2*1H;;/q;;2*+1/p-2. The third-order valence-electron chi connectivity index (χ3n) is 0. The van der Waals surface area contributed by atoms with Crippen LogP contribution in [0.5, 0.6) is 0 Å². The third kappa shape index (κ3) is 8.82. The van der Waals surface area contributed by atoms with Crippen molar-refractivity contribution in [1.29, 1.82) is 0 Å². The Balaban J connectivity index is -0.00000000500. The summed E-state index contributed by atoms with van der Waals surface area (Å²) in [5, 5.41) is 0.